The second-order valence-corrected chi connectivity index (χ2v) is 7.25. The highest BCUT2D eigenvalue weighted by Crippen LogP contribution is 2.36. The van der Waals surface area contributed by atoms with Crippen LogP contribution in [0.1, 0.15) is 23.7 Å². The number of amides is 1. The van der Waals surface area contributed by atoms with Crippen LogP contribution in [-0.2, 0) is 9.53 Å². The van der Waals surface area contributed by atoms with E-state index in [0.717, 1.165) is 17.7 Å². The summed E-state index contributed by atoms with van der Waals surface area (Å²) in [6.45, 7) is 2.52. The minimum absolute atomic E-state index is 0.165. The van der Waals surface area contributed by atoms with Crippen LogP contribution in [0.2, 0.25) is 0 Å². The summed E-state index contributed by atoms with van der Waals surface area (Å²) in [5.74, 6) is 0.484. The standard InChI is InChI=1S/C23H23NO5S/c1-3-13-28-18-11-9-16(10-12-18)19-15-30-22(21(19)23(26)27-2)24-20(25)14-29-17-7-5-4-6-8-17/h4-12,15H,3,13-14H2,1-2H3,(H,24,25). The van der Waals surface area contributed by atoms with Gasteiger partial charge in [-0.25, -0.2) is 4.79 Å². The van der Waals surface area contributed by atoms with E-state index in [1.54, 1.807) is 12.1 Å². The van der Waals surface area contributed by atoms with E-state index in [2.05, 4.69) is 5.32 Å². The Kier molecular flexibility index (Phi) is 7.45. The minimum Gasteiger partial charge on any atom is -0.494 e. The molecule has 3 rings (SSSR count). The highest BCUT2D eigenvalue weighted by atomic mass is 32.1. The average Bonchev–Trinajstić information content (AvgIpc) is 3.20. The lowest BCUT2D eigenvalue weighted by atomic mass is 10.0. The van der Waals surface area contributed by atoms with Gasteiger partial charge in [-0.1, -0.05) is 37.3 Å². The fraction of sp³-hybridized carbons (Fsp3) is 0.217. The first kappa shape index (κ1) is 21.4. The number of anilines is 1. The number of hydrogen-bond donors (Lipinski definition) is 1. The van der Waals surface area contributed by atoms with E-state index in [-0.39, 0.29) is 12.5 Å². The number of thiophene rings is 1. The van der Waals surface area contributed by atoms with Crippen LogP contribution in [0.4, 0.5) is 5.00 Å². The maximum atomic E-state index is 12.4. The summed E-state index contributed by atoms with van der Waals surface area (Å²) in [5.41, 5.74) is 1.84. The third-order valence-corrected chi connectivity index (χ3v) is 5.08. The topological polar surface area (TPSA) is 73.9 Å². The molecule has 6 nitrogen and oxygen atoms in total. The van der Waals surface area contributed by atoms with E-state index in [4.69, 9.17) is 14.2 Å². The van der Waals surface area contributed by atoms with Crippen molar-refractivity contribution in [2.75, 3.05) is 25.6 Å². The summed E-state index contributed by atoms with van der Waals surface area (Å²) in [5, 5.41) is 5.00. The first-order valence-corrected chi connectivity index (χ1v) is 10.4. The molecule has 0 aliphatic heterocycles. The molecule has 0 bridgehead atoms. The molecule has 0 aliphatic carbocycles. The Bertz CT molecular complexity index is 983. The van der Waals surface area contributed by atoms with E-state index in [1.807, 2.05) is 54.8 Å². The highest BCUT2D eigenvalue weighted by Gasteiger charge is 2.22. The molecule has 156 valence electrons. The van der Waals surface area contributed by atoms with E-state index in [1.165, 1.54) is 18.4 Å². The van der Waals surface area contributed by atoms with Gasteiger partial charge in [0, 0.05) is 10.9 Å². The lowest BCUT2D eigenvalue weighted by Gasteiger charge is -2.09. The van der Waals surface area contributed by atoms with Gasteiger partial charge in [-0.05, 0) is 36.2 Å². The maximum absolute atomic E-state index is 12.4. The Morgan fingerprint density at radius 3 is 2.33 bits per heavy atom. The molecule has 1 amide bonds. The number of rotatable bonds is 9. The third kappa shape index (κ3) is 5.39. The zero-order chi connectivity index (χ0) is 21.3. The smallest absolute Gasteiger partial charge is 0.341 e. The van der Waals surface area contributed by atoms with Gasteiger partial charge < -0.3 is 19.5 Å². The van der Waals surface area contributed by atoms with E-state index >= 15 is 0 Å². The number of carbonyl (C=O) groups excluding carboxylic acids is 2. The molecule has 0 saturated heterocycles. The van der Waals surface area contributed by atoms with Crippen molar-refractivity contribution in [2.24, 2.45) is 0 Å². The molecule has 0 radical (unpaired) electrons. The maximum Gasteiger partial charge on any atom is 0.341 e. The Hall–Kier alpha value is -3.32. The Morgan fingerprint density at radius 2 is 1.67 bits per heavy atom. The van der Waals surface area contributed by atoms with E-state index in [9.17, 15) is 9.59 Å². The number of benzene rings is 2. The molecule has 0 aliphatic rings. The largest absolute Gasteiger partial charge is 0.494 e. The molecule has 0 saturated carbocycles. The molecule has 0 unspecified atom stereocenters. The fourth-order valence-corrected chi connectivity index (χ4v) is 3.72. The summed E-state index contributed by atoms with van der Waals surface area (Å²) in [6.07, 6.45) is 0.926. The van der Waals surface area contributed by atoms with Crippen LogP contribution in [0.5, 0.6) is 11.5 Å². The lowest BCUT2D eigenvalue weighted by molar-refractivity contribution is -0.118. The molecule has 1 heterocycles. The molecule has 0 spiro atoms. The van der Waals surface area contributed by atoms with Gasteiger partial charge in [0.2, 0.25) is 0 Å². The second-order valence-electron chi connectivity index (χ2n) is 6.37. The Morgan fingerprint density at radius 1 is 0.967 bits per heavy atom. The van der Waals surface area contributed by atoms with Crippen LogP contribution < -0.4 is 14.8 Å². The van der Waals surface area contributed by atoms with Crippen LogP contribution in [-0.4, -0.2) is 32.2 Å². The van der Waals surface area contributed by atoms with E-state index in [0.29, 0.717) is 28.5 Å². The number of esters is 1. The predicted molar refractivity (Wildman–Crippen MR) is 117 cm³/mol. The van der Waals surface area contributed by atoms with Gasteiger partial charge in [0.05, 0.1) is 13.7 Å². The first-order chi connectivity index (χ1) is 14.6. The van der Waals surface area contributed by atoms with Crippen molar-refractivity contribution in [3.63, 3.8) is 0 Å². The Balaban J connectivity index is 1.76. The number of methoxy groups -OCH3 is 1. The van der Waals surface area contributed by atoms with Crippen molar-refractivity contribution in [3.8, 4) is 22.6 Å². The van der Waals surface area contributed by atoms with Crippen molar-refractivity contribution < 1.29 is 23.8 Å². The fourth-order valence-electron chi connectivity index (χ4n) is 2.75. The van der Waals surface area contributed by atoms with Gasteiger partial charge in [-0.15, -0.1) is 11.3 Å². The minimum atomic E-state index is -0.517. The third-order valence-electron chi connectivity index (χ3n) is 4.18. The molecule has 0 atom stereocenters. The monoisotopic (exact) mass is 425 g/mol. The summed E-state index contributed by atoms with van der Waals surface area (Å²) in [6, 6.07) is 16.5. The van der Waals surface area contributed by atoms with E-state index < -0.39 is 5.97 Å². The van der Waals surface area contributed by atoms with Gasteiger partial charge >= 0.3 is 5.97 Å². The Labute approximate surface area is 179 Å². The van der Waals surface area contributed by atoms with Gasteiger partial charge in [0.15, 0.2) is 6.61 Å². The SMILES string of the molecule is CCCOc1ccc(-c2csc(NC(=O)COc3ccccc3)c2C(=O)OC)cc1. The highest BCUT2D eigenvalue weighted by molar-refractivity contribution is 7.15. The summed E-state index contributed by atoms with van der Waals surface area (Å²) in [4.78, 5) is 24.8. The molecule has 7 heteroatoms. The summed E-state index contributed by atoms with van der Waals surface area (Å²) < 4.78 is 16.0. The van der Waals surface area contributed by atoms with Crippen molar-refractivity contribution >= 4 is 28.2 Å². The number of nitrogens with one attached hydrogen (secondary N) is 1. The number of hydrogen-bond acceptors (Lipinski definition) is 6. The zero-order valence-electron chi connectivity index (χ0n) is 16.8. The predicted octanol–water partition coefficient (Wildman–Crippen LogP) is 5.01. The van der Waals surface area contributed by atoms with Crippen molar-refractivity contribution in [2.45, 2.75) is 13.3 Å². The van der Waals surface area contributed by atoms with Gasteiger partial charge in [-0.3, -0.25) is 4.79 Å². The molecule has 2 aromatic carbocycles. The van der Waals surface area contributed by atoms with Gasteiger partial charge in [-0.2, -0.15) is 0 Å². The summed E-state index contributed by atoms with van der Waals surface area (Å²) >= 11 is 1.26. The molecule has 3 aromatic rings. The normalized spacial score (nSPS) is 10.3. The molecule has 1 N–H and O–H groups in total. The average molecular weight is 426 g/mol. The second kappa shape index (κ2) is 10.5. The summed E-state index contributed by atoms with van der Waals surface area (Å²) in [7, 11) is 1.32. The number of para-hydroxylation sites is 1. The first-order valence-electron chi connectivity index (χ1n) is 9.53. The van der Waals surface area contributed by atoms with Crippen molar-refractivity contribution in [1.29, 1.82) is 0 Å². The molecular weight excluding hydrogens is 402 g/mol. The molecule has 0 fully saturated rings. The molecular formula is C23H23NO5S. The number of ether oxygens (including phenoxy) is 3. The van der Waals surface area contributed by atoms with Gasteiger partial charge in [0.1, 0.15) is 22.1 Å². The van der Waals surface area contributed by atoms with Crippen LogP contribution in [0.25, 0.3) is 11.1 Å². The molecule has 1 aromatic heterocycles. The zero-order valence-corrected chi connectivity index (χ0v) is 17.7. The molecule has 30 heavy (non-hydrogen) atoms. The van der Waals surface area contributed by atoms with Crippen LogP contribution in [0, 0.1) is 0 Å². The van der Waals surface area contributed by atoms with Gasteiger partial charge in [0.25, 0.3) is 5.91 Å². The van der Waals surface area contributed by atoms with Crippen molar-refractivity contribution in [3.05, 3.63) is 65.5 Å². The van der Waals surface area contributed by atoms with Crippen LogP contribution in [0.15, 0.2) is 60.0 Å². The number of carbonyl (C=O) groups is 2. The quantitative estimate of drug-likeness (QED) is 0.488. The van der Waals surface area contributed by atoms with Crippen LogP contribution in [0.3, 0.4) is 0 Å². The lowest BCUT2D eigenvalue weighted by Crippen LogP contribution is -2.21. The van der Waals surface area contributed by atoms with Crippen molar-refractivity contribution in [1.82, 2.24) is 0 Å². The van der Waals surface area contributed by atoms with Crippen LogP contribution >= 0.6 is 11.3 Å².